The number of fused-ring (bicyclic) bond motifs is 5. The maximum Gasteiger partial charge on any atom is 0.00982 e. The molecule has 0 heterocycles. The van der Waals surface area contributed by atoms with Crippen LogP contribution in [0.3, 0.4) is 0 Å². The lowest BCUT2D eigenvalue weighted by Crippen LogP contribution is -2.14. The quantitative estimate of drug-likeness (QED) is 0.332. The van der Waals surface area contributed by atoms with Crippen LogP contribution in [-0.4, -0.2) is 0 Å². The molecule has 0 bridgehead atoms. The lowest BCUT2D eigenvalue weighted by molar-refractivity contribution is 0.737. The molecule has 0 fully saturated rings. The van der Waals surface area contributed by atoms with Gasteiger partial charge >= 0.3 is 0 Å². The van der Waals surface area contributed by atoms with Gasteiger partial charge in [0.2, 0.25) is 0 Å². The minimum atomic E-state index is 0.491. The van der Waals surface area contributed by atoms with E-state index in [1.807, 2.05) is 0 Å². The third-order valence-corrected chi connectivity index (χ3v) is 6.60. The Morgan fingerprint density at radius 3 is 2.29 bits per heavy atom. The van der Waals surface area contributed by atoms with Crippen molar-refractivity contribution in [2.45, 2.75) is 25.2 Å². The molecule has 4 aromatic carbocycles. The summed E-state index contributed by atoms with van der Waals surface area (Å²) >= 11 is 0. The molecule has 4 aromatic rings. The number of hydrogen-bond acceptors (Lipinski definition) is 0. The summed E-state index contributed by atoms with van der Waals surface area (Å²) in [5.41, 5.74) is 7.55. The number of hydrogen-bond donors (Lipinski definition) is 0. The molecule has 28 heavy (non-hydrogen) atoms. The molecule has 1 unspecified atom stereocenters. The topological polar surface area (TPSA) is 0 Å². The van der Waals surface area contributed by atoms with Crippen molar-refractivity contribution in [2.24, 2.45) is 0 Å². The molecule has 0 saturated heterocycles. The summed E-state index contributed by atoms with van der Waals surface area (Å²) in [6.07, 6.45) is 8.17. The van der Waals surface area contributed by atoms with Crippen LogP contribution in [-0.2, 0) is 6.42 Å². The maximum absolute atomic E-state index is 2.38. The number of rotatable bonds is 1. The highest BCUT2D eigenvalue weighted by Crippen LogP contribution is 2.46. The van der Waals surface area contributed by atoms with Gasteiger partial charge in [0, 0.05) is 5.92 Å². The van der Waals surface area contributed by atoms with Crippen molar-refractivity contribution in [3.8, 4) is 0 Å². The third-order valence-electron chi connectivity index (χ3n) is 6.60. The highest BCUT2D eigenvalue weighted by Gasteiger charge is 2.28. The van der Waals surface area contributed by atoms with Crippen LogP contribution in [0.2, 0.25) is 0 Å². The summed E-state index contributed by atoms with van der Waals surface area (Å²) < 4.78 is 0. The van der Waals surface area contributed by atoms with Crippen molar-refractivity contribution in [1.29, 1.82) is 0 Å². The average Bonchev–Trinajstić information content (AvgIpc) is 2.78. The average molecular weight is 358 g/mol. The summed E-state index contributed by atoms with van der Waals surface area (Å²) in [4.78, 5) is 0. The van der Waals surface area contributed by atoms with Gasteiger partial charge in [0.25, 0.3) is 0 Å². The van der Waals surface area contributed by atoms with E-state index in [1.54, 1.807) is 5.57 Å². The van der Waals surface area contributed by atoms with Gasteiger partial charge in [0.1, 0.15) is 0 Å². The van der Waals surface area contributed by atoms with Crippen LogP contribution in [0.5, 0.6) is 0 Å². The lowest BCUT2D eigenvalue weighted by Gasteiger charge is -2.32. The minimum absolute atomic E-state index is 0.491. The van der Waals surface area contributed by atoms with Crippen molar-refractivity contribution in [1.82, 2.24) is 0 Å². The van der Waals surface area contributed by atoms with Gasteiger partial charge < -0.3 is 0 Å². The zero-order valence-electron chi connectivity index (χ0n) is 15.9. The largest absolute Gasteiger partial charge is 0.0830 e. The van der Waals surface area contributed by atoms with Gasteiger partial charge in [-0.1, -0.05) is 96.6 Å². The van der Waals surface area contributed by atoms with Crippen LogP contribution in [0.4, 0.5) is 0 Å². The second-order valence-corrected chi connectivity index (χ2v) is 8.01. The minimum Gasteiger partial charge on any atom is -0.0830 e. The SMILES string of the molecule is C1=CC2=C(CCc3c2ccc2ccccc32)C(c2cccc3ccccc23)C1. The molecule has 2 aliphatic carbocycles. The Bertz CT molecular complexity index is 1280. The van der Waals surface area contributed by atoms with Gasteiger partial charge in [0.15, 0.2) is 0 Å². The van der Waals surface area contributed by atoms with Crippen LogP contribution in [0, 0.1) is 0 Å². The Labute approximate surface area is 165 Å². The molecule has 0 aliphatic heterocycles. The van der Waals surface area contributed by atoms with Crippen molar-refractivity contribution >= 4 is 27.1 Å². The monoisotopic (exact) mass is 358 g/mol. The second-order valence-electron chi connectivity index (χ2n) is 8.01. The Balaban J connectivity index is 1.56. The van der Waals surface area contributed by atoms with E-state index in [4.69, 9.17) is 0 Å². The molecule has 0 spiro atoms. The van der Waals surface area contributed by atoms with Crippen molar-refractivity contribution in [3.05, 3.63) is 113 Å². The van der Waals surface area contributed by atoms with Crippen molar-refractivity contribution in [2.75, 3.05) is 0 Å². The molecule has 134 valence electrons. The first-order valence-corrected chi connectivity index (χ1v) is 10.3. The number of allylic oxidation sites excluding steroid dienone is 4. The Morgan fingerprint density at radius 2 is 1.39 bits per heavy atom. The molecular weight excluding hydrogens is 336 g/mol. The van der Waals surface area contributed by atoms with Gasteiger partial charge in [-0.2, -0.15) is 0 Å². The molecule has 0 nitrogen and oxygen atoms in total. The number of aryl methyl sites for hydroxylation is 1. The van der Waals surface area contributed by atoms with E-state index in [1.165, 1.54) is 43.8 Å². The molecule has 6 rings (SSSR count). The Morgan fingerprint density at radius 1 is 0.643 bits per heavy atom. The molecular formula is C28H22. The molecule has 0 heteroatoms. The molecule has 0 amide bonds. The fraction of sp³-hybridized carbons (Fsp3) is 0.143. The predicted molar refractivity (Wildman–Crippen MR) is 120 cm³/mol. The van der Waals surface area contributed by atoms with E-state index < -0.39 is 0 Å². The Hall–Kier alpha value is -3.12. The first kappa shape index (κ1) is 15.9. The van der Waals surface area contributed by atoms with Crippen molar-refractivity contribution in [3.63, 3.8) is 0 Å². The third kappa shape index (κ3) is 2.31. The lowest BCUT2D eigenvalue weighted by atomic mass is 9.72. The van der Waals surface area contributed by atoms with Gasteiger partial charge in [-0.15, -0.1) is 0 Å². The van der Waals surface area contributed by atoms with Gasteiger partial charge in [-0.05, 0) is 63.1 Å². The summed E-state index contributed by atoms with van der Waals surface area (Å²) in [7, 11) is 0. The van der Waals surface area contributed by atoms with Crippen LogP contribution >= 0.6 is 0 Å². The maximum atomic E-state index is 2.38. The summed E-state index contributed by atoms with van der Waals surface area (Å²) in [5.74, 6) is 0.491. The summed E-state index contributed by atoms with van der Waals surface area (Å²) in [6, 6.07) is 29.1. The van der Waals surface area contributed by atoms with Crippen LogP contribution < -0.4 is 0 Å². The zero-order chi connectivity index (χ0) is 18.5. The molecule has 0 saturated carbocycles. The van der Waals surface area contributed by atoms with E-state index in [-0.39, 0.29) is 0 Å². The van der Waals surface area contributed by atoms with E-state index in [9.17, 15) is 0 Å². The molecule has 0 N–H and O–H groups in total. The normalized spacial score (nSPS) is 18.4. The van der Waals surface area contributed by atoms with Crippen LogP contribution in [0.25, 0.3) is 27.1 Å². The summed E-state index contributed by atoms with van der Waals surface area (Å²) in [5, 5.41) is 5.53. The van der Waals surface area contributed by atoms with E-state index >= 15 is 0 Å². The van der Waals surface area contributed by atoms with Gasteiger partial charge in [0.05, 0.1) is 0 Å². The number of benzene rings is 4. The standard InChI is InChI=1S/C28H22/c1-3-10-21-19(7-1)9-5-12-23(21)24-13-6-14-25-27-16-15-20-8-2-4-11-22(20)26(27)17-18-28(24)25/h1-12,14-16,24H,13,17-18H2. The van der Waals surface area contributed by atoms with Gasteiger partial charge in [-0.3, -0.25) is 0 Å². The van der Waals surface area contributed by atoms with Crippen LogP contribution in [0.15, 0.2) is 96.6 Å². The van der Waals surface area contributed by atoms with Gasteiger partial charge in [-0.25, -0.2) is 0 Å². The first-order chi connectivity index (χ1) is 13.9. The smallest absolute Gasteiger partial charge is 0.00982 e. The first-order valence-electron chi connectivity index (χ1n) is 10.3. The van der Waals surface area contributed by atoms with E-state index in [2.05, 4.69) is 91.0 Å². The highest BCUT2D eigenvalue weighted by molar-refractivity contribution is 5.95. The highest BCUT2D eigenvalue weighted by atomic mass is 14.3. The van der Waals surface area contributed by atoms with Crippen LogP contribution in [0.1, 0.15) is 35.4 Å². The fourth-order valence-corrected chi connectivity index (χ4v) is 5.32. The summed E-state index contributed by atoms with van der Waals surface area (Å²) in [6.45, 7) is 0. The zero-order valence-corrected chi connectivity index (χ0v) is 15.9. The predicted octanol–water partition coefficient (Wildman–Crippen LogP) is 7.44. The fourth-order valence-electron chi connectivity index (χ4n) is 5.32. The Kier molecular flexibility index (Phi) is 3.52. The van der Waals surface area contributed by atoms with Crippen molar-refractivity contribution < 1.29 is 0 Å². The van der Waals surface area contributed by atoms with E-state index in [0.29, 0.717) is 5.92 Å². The molecule has 2 aliphatic rings. The molecule has 0 radical (unpaired) electrons. The second kappa shape index (κ2) is 6.21. The molecule has 0 aromatic heterocycles. The molecule has 1 atom stereocenters. The van der Waals surface area contributed by atoms with E-state index in [0.717, 1.165) is 19.3 Å².